The number of rotatable bonds is 3. The largest absolute Gasteiger partial charge is 0.392 e. The quantitative estimate of drug-likeness (QED) is 0.850. The minimum Gasteiger partial charge on any atom is -0.392 e. The van der Waals surface area contributed by atoms with Gasteiger partial charge in [0.05, 0.1) is 6.10 Å². The zero-order valence-electron chi connectivity index (χ0n) is 9.70. The second kappa shape index (κ2) is 4.36. The zero-order chi connectivity index (χ0) is 11.8. The van der Waals surface area contributed by atoms with Crippen LogP contribution in [0, 0.1) is 5.41 Å². The van der Waals surface area contributed by atoms with Gasteiger partial charge in [-0.1, -0.05) is 37.6 Å². The van der Waals surface area contributed by atoms with Crippen LogP contribution in [0.1, 0.15) is 25.8 Å². The minimum absolute atomic E-state index is 0.00751. The number of aliphatic hydroxyl groups is 1. The highest BCUT2D eigenvalue weighted by atomic mass is 35.5. The molecule has 0 saturated heterocycles. The van der Waals surface area contributed by atoms with Crippen molar-refractivity contribution in [3.05, 3.63) is 34.9 Å². The van der Waals surface area contributed by atoms with E-state index in [9.17, 15) is 5.11 Å². The third-order valence-electron chi connectivity index (χ3n) is 3.68. The van der Waals surface area contributed by atoms with Gasteiger partial charge in [-0.05, 0) is 24.1 Å². The van der Waals surface area contributed by atoms with E-state index in [1.165, 1.54) is 5.56 Å². The van der Waals surface area contributed by atoms with E-state index in [0.717, 1.165) is 18.0 Å². The average molecular weight is 240 g/mol. The molecule has 88 valence electrons. The summed E-state index contributed by atoms with van der Waals surface area (Å²) in [5.74, 6) is 0. The molecule has 0 spiro atoms. The van der Waals surface area contributed by atoms with Crippen LogP contribution in [0.25, 0.3) is 0 Å². The smallest absolute Gasteiger partial charge is 0.0621 e. The molecule has 16 heavy (non-hydrogen) atoms. The highest BCUT2D eigenvalue weighted by Crippen LogP contribution is 2.40. The van der Waals surface area contributed by atoms with Crippen molar-refractivity contribution in [3.8, 4) is 0 Å². The third kappa shape index (κ3) is 2.24. The maximum atomic E-state index is 9.62. The predicted molar refractivity (Wildman–Crippen MR) is 66.5 cm³/mol. The van der Waals surface area contributed by atoms with E-state index in [4.69, 9.17) is 11.6 Å². The van der Waals surface area contributed by atoms with Crippen LogP contribution in [0.15, 0.2) is 24.3 Å². The number of halogens is 1. The van der Waals surface area contributed by atoms with Gasteiger partial charge in [-0.2, -0.15) is 0 Å². The third-order valence-corrected chi connectivity index (χ3v) is 3.93. The molecule has 2 nitrogen and oxygen atoms in total. The van der Waals surface area contributed by atoms with Gasteiger partial charge in [0.15, 0.2) is 0 Å². The summed E-state index contributed by atoms with van der Waals surface area (Å²) in [5.41, 5.74) is 1.22. The SMILES string of the molecule is CC1(C)C(O)CC1NCc1ccc(Cl)cc1. The number of aliphatic hydroxyl groups excluding tert-OH is 1. The second-order valence-corrected chi connectivity index (χ2v) is 5.57. The molecule has 2 N–H and O–H groups in total. The summed E-state index contributed by atoms with van der Waals surface area (Å²) in [6.45, 7) is 5.03. The average Bonchev–Trinajstić information content (AvgIpc) is 2.26. The summed E-state index contributed by atoms with van der Waals surface area (Å²) in [4.78, 5) is 0. The second-order valence-electron chi connectivity index (χ2n) is 5.13. The molecule has 0 aromatic heterocycles. The molecule has 2 atom stereocenters. The maximum absolute atomic E-state index is 9.62. The van der Waals surface area contributed by atoms with E-state index in [1.54, 1.807) is 0 Å². The molecule has 1 saturated carbocycles. The summed E-state index contributed by atoms with van der Waals surface area (Å²) >= 11 is 5.82. The van der Waals surface area contributed by atoms with Gasteiger partial charge in [-0.15, -0.1) is 0 Å². The van der Waals surface area contributed by atoms with Crippen LogP contribution in [0.5, 0.6) is 0 Å². The molecule has 2 rings (SSSR count). The topological polar surface area (TPSA) is 32.3 Å². The lowest BCUT2D eigenvalue weighted by Gasteiger charge is -2.49. The highest BCUT2D eigenvalue weighted by Gasteiger charge is 2.46. The van der Waals surface area contributed by atoms with Gasteiger partial charge in [0, 0.05) is 23.0 Å². The minimum atomic E-state index is -0.171. The fourth-order valence-corrected chi connectivity index (χ4v) is 2.22. The van der Waals surface area contributed by atoms with Crippen LogP contribution >= 0.6 is 11.6 Å². The van der Waals surface area contributed by atoms with Crippen molar-refractivity contribution < 1.29 is 5.11 Å². The Labute approximate surface area is 102 Å². The van der Waals surface area contributed by atoms with Gasteiger partial charge in [0.2, 0.25) is 0 Å². The summed E-state index contributed by atoms with van der Waals surface area (Å²) < 4.78 is 0. The molecular formula is C13H18ClNO. The summed E-state index contributed by atoms with van der Waals surface area (Å²) in [6.07, 6.45) is 0.677. The molecule has 1 aromatic rings. The summed E-state index contributed by atoms with van der Waals surface area (Å²) in [7, 11) is 0. The van der Waals surface area contributed by atoms with Crippen LogP contribution < -0.4 is 5.32 Å². The maximum Gasteiger partial charge on any atom is 0.0621 e. The molecule has 2 unspecified atom stereocenters. The molecule has 0 heterocycles. The van der Waals surface area contributed by atoms with Gasteiger partial charge in [-0.25, -0.2) is 0 Å². The van der Waals surface area contributed by atoms with E-state index in [1.807, 2.05) is 24.3 Å². The van der Waals surface area contributed by atoms with Gasteiger partial charge in [0.25, 0.3) is 0 Å². The van der Waals surface area contributed by atoms with Crippen LogP contribution in [0.4, 0.5) is 0 Å². The number of nitrogens with one attached hydrogen (secondary N) is 1. The molecule has 3 heteroatoms. The lowest BCUT2D eigenvalue weighted by Crippen LogP contribution is -2.59. The summed E-state index contributed by atoms with van der Waals surface area (Å²) in [5, 5.41) is 13.9. The Morgan fingerprint density at radius 3 is 2.50 bits per heavy atom. The summed E-state index contributed by atoms with van der Waals surface area (Å²) in [6, 6.07) is 8.26. The predicted octanol–water partition coefficient (Wildman–Crippen LogP) is 2.59. The molecule has 1 aliphatic rings. The first-order valence-electron chi connectivity index (χ1n) is 5.66. The Balaban J connectivity index is 1.87. The molecule has 1 aromatic carbocycles. The van der Waals surface area contributed by atoms with E-state index >= 15 is 0 Å². The normalized spacial score (nSPS) is 27.5. The fraction of sp³-hybridized carbons (Fsp3) is 0.538. The molecule has 0 aliphatic heterocycles. The first kappa shape index (κ1) is 11.9. The van der Waals surface area contributed by atoms with Gasteiger partial charge >= 0.3 is 0 Å². The van der Waals surface area contributed by atoms with Crippen LogP contribution in [-0.4, -0.2) is 17.3 Å². The molecule has 0 bridgehead atoms. The Morgan fingerprint density at radius 2 is 2.00 bits per heavy atom. The molecule has 0 amide bonds. The van der Waals surface area contributed by atoms with Crippen molar-refractivity contribution >= 4 is 11.6 Å². The Morgan fingerprint density at radius 1 is 1.38 bits per heavy atom. The van der Waals surface area contributed by atoms with Crippen molar-refractivity contribution in [1.29, 1.82) is 0 Å². The first-order valence-corrected chi connectivity index (χ1v) is 6.04. The standard InChI is InChI=1S/C13H18ClNO/c1-13(2)11(7-12(13)16)15-8-9-3-5-10(14)6-4-9/h3-6,11-12,15-16H,7-8H2,1-2H3. The van der Waals surface area contributed by atoms with E-state index in [-0.39, 0.29) is 11.5 Å². The van der Waals surface area contributed by atoms with Crippen molar-refractivity contribution in [1.82, 2.24) is 5.32 Å². The molecule has 1 fully saturated rings. The Hall–Kier alpha value is -0.570. The monoisotopic (exact) mass is 239 g/mol. The lowest BCUT2D eigenvalue weighted by atomic mass is 9.64. The van der Waals surface area contributed by atoms with E-state index in [0.29, 0.717) is 6.04 Å². The molecule has 0 radical (unpaired) electrons. The highest BCUT2D eigenvalue weighted by molar-refractivity contribution is 6.30. The van der Waals surface area contributed by atoms with Gasteiger partial charge < -0.3 is 10.4 Å². The molecular weight excluding hydrogens is 222 g/mol. The van der Waals surface area contributed by atoms with Crippen LogP contribution in [-0.2, 0) is 6.54 Å². The van der Waals surface area contributed by atoms with Gasteiger partial charge in [0.1, 0.15) is 0 Å². The van der Waals surface area contributed by atoms with Crippen molar-refractivity contribution in [2.24, 2.45) is 5.41 Å². The van der Waals surface area contributed by atoms with Crippen LogP contribution in [0.3, 0.4) is 0 Å². The Bertz CT molecular complexity index is 361. The zero-order valence-corrected chi connectivity index (χ0v) is 10.5. The Kier molecular flexibility index (Phi) is 3.24. The van der Waals surface area contributed by atoms with Crippen molar-refractivity contribution in [2.75, 3.05) is 0 Å². The first-order chi connectivity index (χ1) is 7.50. The van der Waals surface area contributed by atoms with Gasteiger partial charge in [-0.3, -0.25) is 0 Å². The number of hydrogen-bond donors (Lipinski definition) is 2. The van der Waals surface area contributed by atoms with E-state index in [2.05, 4.69) is 19.2 Å². The lowest BCUT2D eigenvalue weighted by molar-refractivity contribution is -0.0729. The van der Waals surface area contributed by atoms with E-state index < -0.39 is 0 Å². The number of benzene rings is 1. The van der Waals surface area contributed by atoms with Crippen molar-refractivity contribution in [2.45, 2.75) is 39.0 Å². The van der Waals surface area contributed by atoms with Crippen LogP contribution in [0.2, 0.25) is 5.02 Å². The molecule has 1 aliphatic carbocycles. The van der Waals surface area contributed by atoms with Crippen molar-refractivity contribution in [3.63, 3.8) is 0 Å². The number of hydrogen-bond acceptors (Lipinski definition) is 2. The fourth-order valence-electron chi connectivity index (χ4n) is 2.09.